The van der Waals surface area contributed by atoms with E-state index in [1.807, 2.05) is 41.6 Å². The molecule has 2 aromatic heterocycles. The molecule has 0 aliphatic heterocycles. The number of imidazole rings is 1. The van der Waals surface area contributed by atoms with E-state index in [9.17, 15) is 4.79 Å². The lowest BCUT2D eigenvalue weighted by molar-refractivity contribution is 0.0986. The maximum absolute atomic E-state index is 13.5. The molecular formula is C24H26N4OS. The second-order valence-corrected chi connectivity index (χ2v) is 8.89. The summed E-state index contributed by atoms with van der Waals surface area (Å²) in [6.45, 7) is 9.64. The van der Waals surface area contributed by atoms with Gasteiger partial charge in [-0.25, -0.2) is 9.97 Å². The fourth-order valence-electron chi connectivity index (χ4n) is 3.85. The van der Waals surface area contributed by atoms with Gasteiger partial charge in [-0.1, -0.05) is 34.6 Å². The predicted molar refractivity (Wildman–Crippen MR) is 124 cm³/mol. The van der Waals surface area contributed by atoms with Crippen molar-refractivity contribution >= 4 is 32.6 Å². The summed E-state index contributed by atoms with van der Waals surface area (Å²) in [7, 11) is 0. The minimum atomic E-state index is 0.000798. The van der Waals surface area contributed by atoms with Crippen molar-refractivity contribution in [3.63, 3.8) is 0 Å². The van der Waals surface area contributed by atoms with Crippen LogP contribution in [0, 0.1) is 27.7 Å². The molecule has 154 valence electrons. The number of carbonyl (C=O) groups excluding carboxylic acids is 1. The van der Waals surface area contributed by atoms with Crippen LogP contribution in [-0.4, -0.2) is 27.0 Å². The standard InChI is InChI=1S/C24H26N4OS/c1-16-10-17(2)13-20(12-16)23(29)28(8-5-7-27-9-6-25-15-27)24-26-21-14-18(3)11-19(4)22(21)30-24/h6,9-15H,5,7-8H2,1-4H3. The number of nitrogens with zero attached hydrogens (tertiary/aromatic N) is 4. The molecule has 5 nitrogen and oxygen atoms in total. The highest BCUT2D eigenvalue weighted by molar-refractivity contribution is 7.22. The summed E-state index contributed by atoms with van der Waals surface area (Å²) in [5.74, 6) is 0.000798. The molecule has 2 heterocycles. The number of aryl methyl sites for hydroxylation is 5. The number of hydrogen-bond acceptors (Lipinski definition) is 4. The van der Waals surface area contributed by atoms with E-state index in [1.165, 1.54) is 11.1 Å². The first-order valence-corrected chi connectivity index (χ1v) is 11.0. The first-order chi connectivity index (χ1) is 14.4. The number of thiazole rings is 1. The topological polar surface area (TPSA) is 51.0 Å². The van der Waals surface area contributed by atoms with Crippen LogP contribution in [0.4, 0.5) is 5.13 Å². The highest BCUT2D eigenvalue weighted by Gasteiger charge is 2.22. The molecule has 0 saturated carbocycles. The SMILES string of the molecule is Cc1cc(C)cc(C(=O)N(CCCn2ccnc2)c2nc3cc(C)cc(C)c3s2)c1. The molecule has 0 aliphatic rings. The maximum Gasteiger partial charge on any atom is 0.260 e. The lowest BCUT2D eigenvalue weighted by atomic mass is 10.1. The summed E-state index contributed by atoms with van der Waals surface area (Å²) < 4.78 is 3.18. The summed E-state index contributed by atoms with van der Waals surface area (Å²) in [6.07, 6.45) is 6.34. The summed E-state index contributed by atoms with van der Waals surface area (Å²) in [5.41, 5.74) is 6.23. The quantitative estimate of drug-likeness (QED) is 0.418. The van der Waals surface area contributed by atoms with E-state index in [1.54, 1.807) is 23.9 Å². The van der Waals surface area contributed by atoms with E-state index >= 15 is 0 Å². The number of hydrogen-bond donors (Lipinski definition) is 0. The molecule has 30 heavy (non-hydrogen) atoms. The van der Waals surface area contributed by atoms with Crippen molar-refractivity contribution < 1.29 is 4.79 Å². The van der Waals surface area contributed by atoms with Crippen LogP contribution < -0.4 is 4.90 Å². The number of carbonyl (C=O) groups is 1. The Morgan fingerprint density at radius 2 is 1.77 bits per heavy atom. The highest BCUT2D eigenvalue weighted by atomic mass is 32.1. The molecule has 0 aliphatic carbocycles. The summed E-state index contributed by atoms with van der Waals surface area (Å²) in [5, 5.41) is 0.758. The van der Waals surface area contributed by atoms with Crippen LogP contribution in [-0.2, 0) is 6.54 Å². The first kappa shape index (κ1) is 20.3. The number of rotatable bonds is 6. The van der Waals surface area contributed by atoms with Crippen molar-refractivity contribution in [3.05, 3.63) is 76.9 Å². The van der Waals surface area contributed by atoms with Gasteiger partial charge in [0, 0.05) is 31.0 Å². The van der Waals surface area contributed by atoms with Gasteiger partial charge >= 0.3 is 0 Å². The lowest BCUT2D eigenvalue weighted by Crippen LogP contribution is -2.32. The third-order valence-corrected chi connectivity index (χ3v) is 6.34. The number of benzene rings is 2. The van der Waals surface area contributed by atoms with Gasteiger partial charge in [0.2, 0.25) is 0 Å². The van der Waals surface area contributed by atoms with Crippen LogP contribution in [0.25, 0.3) is 10.2 Å². The molecule has 0 saturated heterocycles. The number of anilines is 1. The van der Waals surface area contributed by atoms with E-state index in [0.29, 0.717) is 12.1 Å². The van der Waals surface area contributed by atoms with Crippen LogP contribution in [0.1, 0.15) is 39.0 Å². The normalized spacial score (nSPS) is 11.2. The van der Waals surface area contributed by atoms with E-state index in [2.05, 4.69) is 37.0 Å². The van der Waals surface area contributed by atoms with Crippen molar-refractivity contribution in [1.82, 2.24) is 14.5 Å². The molecular weight excluding hydrogens is 392 g/mol. The number of aromatic nitrogens is 3. The van der Waals surface area contributed by atoms with Gasteiger partial charge in [0.15, 0.2) is 5.13 Å². The molecule has 4 aromatic rings. The Morgan fingerprint density at radius 3 is 2.47 bits per heavy atom. The third-order valence-electron chi connectivity index (χ3n) is 5.11. The molecule has 0 N–H and O–H groups in total. The van der Waals surface area contributed by atoms with Crippen molar-refractivity contribution in [1.29, 1.82) is 0 Å². The summed E-state index contributed by atoms with van der Waals surface area (Å²) in [4.78, 5) is 24.3. The van der Waals surface area contributed by atoms with Crippen LogP contribution >= 0.6 is 11.3 Å². The zero-order valence-corrected chi connectivity index (χ0v) is 18.7. The molecule has 1 amide bonds. The number of fused-ring (bicyclic) bond motifs is 1. The third kappa shape index (κ3) is 4.28. The van der Waals surface area contributed by atoms with Gasteiger partial charge in [0.05, 0.1) is 16.5 Å². The number of amides is 1. The Kier molecular flexibility index (Phi) is 5.68. The van der Waals surface area contributed by atoms with Gasteiger partial charge in [0.25, 0.3) is 5.91 Å². The van der Waals surface area contributed by atoms with Crippen LogP contribution in [0.15, 0.2) is 49.1 Å². The molecule has 0 unspecified atom stereocenters. The molecule has 0 bridgehead atoms. The molecule has 0 atom stereocenters. The van der Waals surface area contributed by atoms with E-state index in [0.717, 1.165) is 39.4 Å². The lowest BCUT2D eigenvalue weighted by Gasteiger charge is -2.20. The summed E-state index contributed by atoms with van der Waals surface area (Å²) in [6, 6.07) is 10.3. The van der Waals surface area contributed by atoms with Gasteiger partial charge in [-0.2, -0.15) is 0 Å². The van der Waals surface area contributed by atoms with E-state index in [4.69, 9.17) is 4.98 Å². The van der Waals surface area contributed by atoms with Crippen LogP contribution in [0.2, 0.25) is 0 Å². The van der Waals surface area contributed by atoms with Gasteiger partial charge in [-0.05, 0) is 63.4 Å². The molecule has 0 fully saturated rings. The van der Waals surface area contributed by atoms with E-state index < -0.39 is 0 Å². The highest BCUT2D eigenvalue weighted by Crippen LogP contribution is 2.33. The van der Waals surface area contributed by atoms with E-state index in [-0.39, 0.29) is 5.91 Å². The summed E-state index contributed by atoms with van der Waals surface area (Å²) >= 11 is 1.59. The monoisotopic (exact) mass is 418 g/mol. The smallest absolute Gasteiger partial charge is 0.260 e. The minimum absolute atomic E-state index is 0.000798. The maximum atomic E-state index is 13.5. The fraction of sp³-hybridized carbons (Fsp3) is 0.292. The molecule has 0 spiro atoms. The Bertz CT molecular complexity index is 1170. The average molecular weight is 419 g/mol. The molecule has 2 aromatic carbocycles. The Balaban J connectivity index is 1.69. The van der Waals surface area contributed by atoms with Gasteiger partial charge < -0.3 is 4.57 Å². The second-order valence-electron chi connectivity index (χ2n) is 7.91. The first-order valence-electron chi connectivity index (χ1n) is 10.1. The van der Waals surface area contributed by atoms with Crippen molar-refractivity contribution in [2.75, 3.05) is 11.4 Å². The Morgan fingerprint density at radius 1 is 1.03 bits per heavy atom. The largest absolute Gasteiger partial charge is 0.337 e. The van der Waals surface area contributed by atoms with Gasteiger partial charge in [0.1, 0.15) is 0 Å². The molecule has 0 radical (unpaired) electrons. The van der Waals surface area contributed by atoms with Crippen molar-refractivity contribution in [3.8, 4) is 0 Å². The second kappa shape index (κ2) is 8.40. The Hall–Kier alpha value is -2.99. The van der Waals surface area contributed by atoms with Crippen molar-refractivity contribution in [2.45, 2.75) is 40.7 Å². The molecule has 6 heteroatoms. The van der Waals surface area contributed by atoms with Crippen LogP contribution in [0.5, 0.6) is 0 Å². The van der Waals surface area contributed by atoms with Crippen LogP contribution in [0.3, 0.4) is 0 Å². The van der Waals surface area contributed by atoms with Crippen molar-refractivity contribution in [2.24, 2.45) is 0 Å². The minimum Gasteiger partial charge on any atom is -0.337 e. The predicted octanol–water partition coefficient (Wildman–Crippen LogP) is 5.46. The van der Waals surface area contributed by atoms with Gasteiger partial charge in [-0.15, -0.1) is 0 Å². The Labute approximate surface area is 181 Å². The molecule has 4 rings (SSSR count). The average Bonchev–Trinajstić information content (AvgIpc) is 3.33. The zero-order chi connectivity index (χ0) is 21.3. The van der Waals surface area contributed by atoms with Gasteiger partial charge in [-0.3, -0.25) is 9.69 Å². The zero-order valence-electron chi connectivity index (χ0n) is 17.8. The fourth-order valence-corrected chi connectivity index (χ4v) is 4.89.